The molecule has 0 fully saturated rings. The molecule has 0 unspecified atom stereocenters. The molecule has 0 aliphatic rings. The van der Waals surface area contributed by atoms with Crippen molar-refractivity contribution in [1.82, 2.24) is 14.9 Å². The number of nitrogens with one attached hydrogen (secondary N) is 2. The topological polar surface area (TPSA) is 84.8 Å². The van der Waals surface area contributed by atoms with Crippen molar-refractivity contribution in [2.75, 3.05) is 26.0 Å². The van der Waals surface area contributed by atoms with Crippen LogP contribution >= 0.6 is 0 Å². The zero-order valence-electron chi connectivity index (χ0n) is 14.4. The fourth-order valence-corrected chi connectivity index (χ4v) is 2.69. The fourth-order valence-electron chi connectivity index (χ4n) is 2.69. The number of aromatic amines is 1. The molecule has 0 aliphatic carbocycles. The number of fused-ring (bicyclic) bond motifs is 1. The van der Waals surface area contributed by atoms with Gasteiger partial charge in [-0.1, -0.05) is 12.1 Å². The number of anilines is 1. The Bertz CT molecular complexity index is 981. The van der Waals surface area contributed by atoms with Gasteiger partial charge < -0.3 is 15.2 Å². The standard InChI is InChI=1S/C19H19N5O/c1-12-16(21-11-18(25)24(2)3)7-8-17(23-12)15-10-22-19-13(9-20)5-4-6-14(15)19/h4-8,10,21-22H,11H2,1-3H3. The summed E-state index contributed by atoms with van der Waals surface area (Å²) in [5.41, 5.74) is 4.85. The molecule has 0 saturated carbocycles. The Kier molecular flexibility index (Phi) is 4.40. The number of aryl methyl sites for hydroxylation is 1. The molecular formula is C19H19N5O. The van der Waals surface area contributed by atoms with Gasteiger partial charge in [-0.25, -0.2) is 0 Å². The first-order chi connectivity index (χ1) is 12.0. The minimum Gasteiger partial charge on any atom is -0.375 e. The molecule has 0 bridgehead atoms. The summed E-state index contributed by atoms with van der Waals surface area (Å²) in [6, 6.07) is 11.7. The number of hydrogen-bond donors (Lipinski definition) is 2. The second-order valence-electron chi connectivity index (χ2n) is 6.01. The number of carbonyl (C=O) groups is 1. The van der Waals surface area contributed by atoms with Crippen molar-refractivity contribution >= 4 is 22.5 Å². The maximum atomic E-state index is 11.7. The molecule has 2 aromatic heterocycles. The van der Waals surface area contributed by atoms with Crippen molar-refractivity contribution in [2.45, 2.75) is 6.92 Å². The SMILES string of the molecule is Cc1nc(-c2c[nH]c3c(C#N)cccc23)ccc1NCC(=O)N(C)C. The molecule has 0 atom stereocenters. The van der Waals surface area contributed by atoms with E-state index in [2.05, 4.69) is 21.4 Å². The highest BCUT2D eigenvalue weighted by Crippen LogP contribution is 2.30. The lowest BCUT2D eigenvalue weighted by Gasteiger charge is -2.13. The van der Waals surface area contributed by atoms with E-state index < -0.39 is 0 Å². The number of aromatic nitrogens is 2. The molecule has 0 radical (unpaired) electrons. The van der Waals surface area contributed by atoms with Crippen LogP contribution in [0.4, 0.5) is 5.69 Å². The molecule has 25 heavy (non-hydrogen) atoms. The van der Waals surface area contributed by atoms with Gasteiger partial charge in [-0.15, -0.1) is 0 Å². The third-order valence-electron chi connectivity index (χ3n) is 4.13. The van der Waals surface area contributed by atoms with E-state index in [0.29, 0.717) is 5.56 Å². The van der Waals surface area contributed by atoms with E-state index in [0.717, 1.165) is 33.5 Å². The smallest absolute Gasteiger partial charge is 0.241 e. The summed E-state index contributed by atoms with van der Waals surface area (Å²) in [5.74, 6) is 0.00383. The second-order valence-corrected chi connectivity index (χ2v) is 6.01. The van der Waals surface area contributed by atoms with Gasteiger partial charge in [-0.2, -0.15) is 5.26 Å². The summed E-state index contributed by atoms with van der Waals surface area (Å²) >= 11 is 0. The van der Waals surface area contributed by atoms with E-state index in [4.69, 9.17) is 0 Å². The first kappa shape index (κ1) is 16.5. The number of nitrogens with zero attached hydrogens (tertiary/aromatic N) is 3. The van der Waals surface area contributed by atoms with Crippen LogP contribution in [-0.2, 0) is 4.79 Å². The fraction of sp³-hybridized carbons (Fsp3) is 0.211. The van der Waals surface area contributed by atoms with Crippen molar-refractivity contribution in [3.8, 4) is 17.3 Å². The van der Waals surface area contributed by atoms with Crippen LogP contribution in [-0.4, -0.2) is 41.4 Å². The Hall–Kier alpha value is -3.33. The Morgan fingerprint density at radius 1 is 1.32 bits per heavy atom. The molecule has 2 N–H and O–H groups in total. The van der Waals surface area contributed by atoms with E-state index >= 15 is 0 Å². The Morgan fingerprint density at radius 2 is 2.12 bits per heavy atom. The maximum absolute atomic E-state index is 11.7. The van der Waals surface area contributed by atoms with Crippen LogP contribution in [0.1, 0.15) is 11.3 Å². The first-order valence-electron chi connectivity index (χ1n) is 7.93. The van der Waals surface area contributed by atoms with Crippen molar-refractivity contribution in [3.63, 3.8) is 0 Å². The highest BCUT2D eigenvalue weighted by molar-refractivity contribution is 5.97. The predicted octanol–water partition coefficient (Wildman–Crippen LogP) is 2.91. The maximum Gasteiger partial charge on any atom is 0.241 e. The van der Waals surface area contributed by atoms with Gasteiger partial charge in [0.1, 0.15) is 6.07 Å². The van der Waals surface area contributed by atoms with Crippen LogP contribution in [0.3, 0.4) is 0 Å². The molecule has 0 spiro atoms. The molecule has 2 heterocycles. The monoisotopic (exact) mass is 333 g/mol. The average molecular weight is 333 g/mol. The van der Waals surface area contributed by atoms with Crippen molar-refractivity contribution in [3.05, 3.63) is 47.8 Å². The molecule has 1 aromatic carbocycles. The largest absolute Gasteiger partial charge is 0.375 e. The van der Waals surface area contributed by atoms with Crippen molar-refractivity contribution < 1.29 is 4.79 Å². The highest BCUT2D eigenvalue weighted by Gasteiger charge is 2.12. The third kappa shape index (κ3) is 3.17. The highest BCUT2D eigenvalue weighted by atomic mass is 16.2. The van der Waals surface area contributed by atoms with Crippen LogP contribution in [0, 0.1) is 18.3 Å². The van der Waals surface area contributed by atoms with Crippen LogP contribution < -0.4 is 5.32 Å². The molecule has 0 aliphatic heterocycles. The minimum atomic E-state index is 0.00383. The number of nitriles is 1. The molecule has 6 heteroatoms. The molecule has 0 saturated heterocycles. The van der Waals surface area contributed by atoms with Crippen LogP contribution in [0.15, 0.2) is 36.5 Å². The lowest BCUT2D eigenvalue weighted by molar-refractivity contribution is -0.126. The number of para-hydroxylation sites is 1. The van der Waals surface area contributed by atoms with Crippen LogP contribution in [0.25, 0.3) is 22.2 Å². The summed E-state index contributed by atoms with van der Waals surface area (Å²) in [6.07, 6.45) is 1.87. The summed E-state index contributed by atoms with van der Waals surface area (Å²) in [7, 11) is 3.45. The van der Waals surface area contributed by atoms with Gasteiger partial charge in [0, 0.05) is 31.2 Å². The average Bonchev–Trinajstić information content (AvgIpc) is 3.04. The number of rotatable bonds is 4. The first-order valence-corrected chi connectivity index (χ1v) is 7.93. The lowest BCUT2D eigenvalue weighted by Crippen LogP contribution is -2.28. The second kappa shape index (κ2) is 6.65. The van der Waals surface area contributed by atoms with Crippen molar-refractivity contribution in [1.29, 1.82) is 5.26 Å². The summed E-state index contributed by atoms with van der Waals surface area (Å²) in [4.78, 5) is 21.1. The lowest BCUT2D eigenvalue weighted by atomic mass is 10.1. The van der Waals surface area contributed by atoms with Gasteiger partial charge in [0.2, 0.25) is 5.91 Å². The van der Waals surface area contributed by atoms with E-state index in [9.17, 15) is 10.1 Å². The van der Waals surface area contributed by atoms with Crippen LogP contribution in [0.2, 0.25) is 0 Å². The number of H-pyrrole nitrogens is 1. The number of likely N-dealkylation sites (N-methyl/N-ethyl adjacent to an activating group) is 1. The van der Waals surface area contributed by atoms with Gasteiger partial charge in [-0.3, -0.25) is 9.78 Å². The van der Waals surface area contributed by atoms with E-state index in [-0.39, 0.29) is 12.5 Å². The molecule has 126 valence electrons. The Morgan fingerprint density at radius 3 is 2.80 bits per heavy atom. The predicted molar refractivity (Wildman–Crippen MR) is 98.2 cm³/mol. The minimum absolute atomic E-state index is 0.00383. The van der Waals surface area contributed by atoms with E-state index in [1.54, 1.807) is 25.1 Å². The summed E-state index contributed by atoms with van der Waals surface area (Å²) in [5, 5.41) is 13.3. The number of carbonyl (C=O) groups excluding carboxylic acids is 1. The van der Waals surface area contributed by atoms with Gasteiger partial charge >= 0.3 is 0 Å². The molecule has 3 rings (SSSR count). The number of hydrogen-bond acceptors (Lipinski definition) is 4. The quantitative estimate of drug-likeness (QED) is 0.769. The van der Waals surface area contributed by atoms with Crippen LogP contribution in [0.5, 0.6) is 0 Å². The molecular weight excluding hydrogens is 314 g/mol. The summed E-state index contributed by atoms with van der Waals surface area (Å²) in [6.45, 7) is 2.13. The van der Waals surface area contributed by atoms with Gasteiger partial charge in [-0.05, 0) is 25.1 Å². The van der Waals surface area contributed by atoms with Gasteiger partial charge in [0.25, 0.3) is 0 Å². The van der Waals surface area contributed by atoms with E-state index in [1.165, 1.54) is 0 Å². The zero-order valence-corrected chi connectivity index (χ0v) is 14.4. The number of amides is 1. The Balaban J connectivity index is 1.91. The zero-order chi connectivity index (χ0) is 18.0. The van der Waals surface area contributed by atoms with Gasteiger partial charge in [0.15, 0.2) is 0 Å². The van der Waals surface area contributed by atoms with Gasteiger partial charge in [0.05, 0.1) is 34.7 Å². The normalized spacial score (nSPS) is 10.5. The molecule has 3 aromatic rings. The van der Waals surface area contributed by atoms with E-state index in [1.807, 2.05) is 37.4 Å². The number of benzene rings is 1. The summed E-state index contributed by atoms with van der Waals surface area (Å²) < 4.78 is 0. The molecule has 6 nitrogen and oxygen atoms in total. The van der Waals surface area contributed by atoms with Crippen molar-refractivity contribution in [2.24, 2.45) is 0 Å². The number of pyridine rings is 1. The third-order valence-corrected chi connectivity index (χ3v) is 4.13. The molecule has 1 amide bonds. The Labute approximate surface area is 146 Å².